The Bertz CT molecular complexity index is 2210. The lowest BCUT2D eigenvalue weighted by molar-refractivity contribution is 0.0300. The van der Waals surface area contributed by atoms with Gasteiger partial charge in [-0.2, -0.15) is 0 Å². The summed E-state index contributed by atoms with van der Waals surface area (Å²) < 4.78 is 17.3. The van der Waals surface area contributed by atoms with Gasteiger partial charge in [-0.25, -0.2) is 4.79 Å². The van der Waals surface area contributed by atoms with E-state index in [0.717, 1.165) is 44.8 Å². The van der Waals surface area contributed by atoms with Crippen LogP contribution in [0.5, 0.6) is 0 Å². The Hall–Kier alpha value is -3.69. The molecule has 5 aromatic carbocycles. The first kappa shape index (κ1) is 41.9. The second kappa shape index (κ2) is 18.3. The van der Waals surface area contributed by atoms with Gasteiger partial charge in [-0.1, -0.05) is 118 Å². The van der Waals surface area contributed by atoms with Crippen LogP contribution in [0.25, 0.3) is 11.1 Å². The number of aryl methyl sites for hydroxylation is 2. The Balaban J connectivity index is 1.77. The van der Waals surface area contributed by atoms with Gasteiger partial charge < -0.3 is 24.8 Å². The Morgan fingerprint density at radius 1 is 0.625 bits per heavy atom. The monoisotopic (exact) mass is 868 g/mol. The number of cyclic esters (lactones) is 1. The molecule has 0 unspecified atom stereocenters. The van der Waals surface area contributed by atoms with Crippen molar-refractivity contribution in [2.75, 3.05) is 51.2 Å². The highest BCUT2D eigenvalue weighted by atomic mass is 35.5. The molecule has 6 rings (SSSR count). The SMILES string of the molecule is COCCNc1cc(C)ccc1C(=CC1(C=C(c2ccc(Cl)cc2)c2ccc(C)cc2NCCOC)OC(=O)c2c(Cl)c(Cl)c(Cl)c(Cl)c21)c1ccc(Cl)cc1. The van der Waals surface area contributed by atoms with Crippen LogP contribution in [0.3, 0.4) is 0 Å². The number of hydrogen-bond donors (Lipinski definition) is 2. The molecule has 1 aliphatic heterocycles. The van der Waals surface area contributed by atoms with Gasteiger partial charge in [-0.15, -0.1) is 0 Å². The maximum atomic E-state index is 14.3. The van der Waals surface area contributed by atoms with E-state index in [4.69, 9.17) is 83.8 Å². The Labute approximate surface area is 357 Å². The van der Waals surface area contributed by atoms with Gasteiger partial charge in [0.05, 0.1) is 38.9 Å². The second-order valence-electron chi connectivity index (χ2n) is 13.3. The van der Waals surface area contributed by atoms with Crippen LogP contribution < -0.4 is 10.6 Å². The number of ether oxygens (including phenoxy) is 3. The number of nitrogens with one attached hydrogen (secondary N) is 2. The van der Waals surface area contributed by atoms with Crippen molar-refractivity contribution in [3.8, 4) is 0 Å². The van der Waals surface area contributed by atoms with Gasteiger partial charge in [0.25, 0.3) is 0 Å². The van der Waals surface area contributed by atoms with E-state index in [9.17, 15) is 4.79 Å². The number of fused-ring (bicyclic) bond motifs is 1. The molecular formula is C44H38Cl6N2O4. The topological polar surface area (TPSA) is 68.8 Å². The van der Waals surface area contributed by atoms with Gasteiger partial charge in [0, 0.05) is 65.4 Å². The van der Waals surface area contributed by atoms with Crippen LogP contribution in [-0.2, 0) is 19.8 Å². The largest absolute Gasteiger partial charge is 0.442 e. The van der Waals surface area contributed by atoms with Crippen molar-refractivity contribution in [1.82, 2.24) is 0 Å². The maximum Gasteiger partial charge on any atom is 0.341 e. The summed E-state index contributed by atoms with van der Waals surface area (Å²) >= 11 is 40.3. The zero-order chi connectivity index (χ0) is 40.1. The number of rotatable bonds is 14. The fraction of sp³-hybridized carbons (Fsp3) is 0.205. The first-order valence-electron chi connectivity index (χ1n) is 17.6. The number of carbonyl (C=O) groups excluding carboxylic acids is 1. The van der Waals surface area contributed by atoms with E-state index in [1.807, 2.05) is 74.5 Å². The average Bonchev–Trinajstić information content (AvgIpc) is 3.47. The molecule has 0 aromatic heterocycles. The predicted molar refractivity (Wildman–Crippen MR) is 234 cm³/mol. The van der Waals surface area contributed by atoms with Crippen LogP contribution in [0.2, 0.25) is 30.1 Å². The van der Waals surface area contributed by atoms with Crippen LogP contribution in [0.15, 0.2) is 97.1 Å². The number of carbonyl (C=O) groups is 1. The van der Waals surface area contributed by atoms with E-state index in [-0.39, 0.29) is 31.2 Å². The molecule has 0 spiro atoms. The van der Waals surface area contributed by atoms with E-state index in [2.05, 4.69) is 22.8 Å². The molecule has 0 atom stereocenters. The summed E-state index contributed by atoms with van der Waals surface area (Å²) in [5.41, 5.74) is 6.78. The first-order chi connectivity index (χ1) is 26.9. The van der Waals surface area contributed by atoms with Crippen molar-refractivity contribution in [2.24, 2.45) is 0 Å². The lowest BCUT2D eigenvalue weighted by atomic mass is 9.82. The number of halogens is 6. The second-order valence-corrected chi connectivity index (χ2v) is 15.6. The minimum Gasteiger partial charge on any atom is -0.442 e. The summed E-state index contributed by atoms with van der Waals surface area (Å²) in [7, 11) is 3.30. The standard InChI is InChI=1S/C44H38Cl6N2O4/c1-25-5-15-31(35(21-25)51-17-19-54-3)33(27-7-11-29(45)12-8-27)23-44(38-37(43(53)56-44)39(47)41(49)42(50)40(38)48)24-34(28-9-13-30(46)14-10-28)32-16-6-26(2)22-36(32)52-18-20-55-4/h5-16,21-24,51-52H,17-20H2,1-4H3. The zero-order valence-electron chi connectivity index (χ0n) is 31.0. The molecule has 5 aromatic rings. The molecule has 0 saturated heterocycles. The van der Waals surface area contributed by atoms with E-state index in [1.165, 1.54) is 0 Å². The highest BCUT2D eigenvalue weighted by Crippen LogP contribution is 2.54. The molecule has 0 amide bonds. The molecule has 290 valence electrons. The molecule has 56 heavy (non-hydrogen) atoms. The summed E-state index contributed by atoms with van der Waals surface area (Å²) in [6.45, 7) is 6.04. The third-order valence-corrected chi connectivity index (χ3v) is 11.6. The molecule has 0 bridgehead atoms. The van der Waals surface area contributed by atoms with Crippen molar-refractivity contribution in [1.29, 1.82) is 0 Å². The molecule has 1 aliphatic rings. The Kier molecular flexibility index (Phi) is 13.7. The fourth-order valence-corrected chi connectivity index (χ4v) is 7.99. The lowest BCUT2D eigenvalue weighted by Gasteiger charge is -2.28. The van der Waals surface area contributed by atoms with E-state index >= 15 is 0 Å². The van der Waals surface area contributed by atoms with Crippen molar-refractivity contribution >= 4 is 98.1 Å². The third-order valence-electron chi connectivity index (χ3n) is 9.33. The fourth-order valence-electron chi connectivity index (χ4n) is 6.67. The average molecular weight is 872 g/mol. The summed E-state index contributed by atoms with van der Waals surface area (Å²) in [6, 6.07) is 27.0. The molecule has 12 heteroatoms. The number of benzene rings is 5. The van der Waals surface area contributed by atoms with Gasteiger partial charge in [-0.3, -0.25) is 0 Å². The van der Waals surface area contributed by atoms with E-state index in [0.29, 0.717) is 47.5 Å². The Morgan fingerprint density at radius 3 is 1.48 bits per heavy atom. The van der Waals surface area contributed by atoms with Gasteiger partial charge in [0.2, 0.25) is 0 Å². The third kappa shape index (κ3) is 8.89. The van der Waals surface area contributed by atoms with Crippen LogP contribution in [0, 0.1) is 13.8 Å². The molecule has 0 aliphatic carbocycles. The molecular weight excluding hydrogens is 833 g/mol. The van der Waals surface area contributed by atoms with Gasteiger partial charge in [0.1, 0.15) is 0 Å². The van der Waals surface area contributed by atoms with E-state index in [1.54, 1.807) is 38.5 Å². The number of methoxy groups -OCH3 is 2. The van der Waals surface area contributed by atoms with Crippen LogP contribution in [-0.4, -0.2) is 46.5 Å². The van der Waals surface area contributed by atoms with Gasteiger partial charge >= 0.3 is 5.97 Å². The normalized spacial score (nSPS) is 15.5. The van der Waals surface area contributed by atoms with Crippen molar-refractivity contribution in [2.45, 2.75) is 19.4 Å². The maximum absolute atomic E-state index is 14.3. The summed E-state index contributed by atoms with van der Waals surface area (Å²) in [4.78, 5) is 14.3. The molecule has 1 heterocycles. The van der Waals surface area contributed by atoms with Crippen molar-refractivity contribution < 1.29 is 19.0 Å². The summed E-state index contributed by atoms with van der Waals surface area (Å²) in [5, 5.41) is 8.03. The van der Waals surface area contributed by atoms with Gasteiger partial charge in [-0.05, 0) is 95.8 Å². The number of hydrogen-bond acceptors (Lipinski definition) is 6. The molecule has 0 radical (unpaired) electrons. The summed E-state index contributed by atoms with van der Waals surface area (Å²) in [5.74, 6) is -0.728. The predicted octanol–water partition coefficient (Wildman–Crippen LogP) is 13.0. The zero-order valence-corrected chi connectivity index (χ0v) is 35.5. The summed E-state index contributed by atoms with van der Waals surface area (Å²) in [6.07, 6.45) is 3.75. The first-order valence-corrected chi connectivity index (χ1v) is 19.9. The lowest BCUT2D eigenvalue weighted by Crippen LogP contribution is -2.23. The Morgan fingerprint density at radius 2 is 1.05 bits per heavy atom. The molecule has 2 N–H and O–H groups in total. The number of anilines is 2. The van der Waals surface area contributed by atoms with Crippen LogP contribution >= 0.6 is 69.6 Å². The number of esters is 1. The van der Waals surface area contributed by atoms with Crippen molar-refractivity contribution in [3.05, 3.63) is 172 Å². The molecule has 6 nitrogen and oxygen atoms in total. The minimum atomic E-state index is -1.73. The quantitative estimate of drug-likeness (QED) is 0.0501. The minimum absolute atomic E-state index is 0.00850. The van der Waals surface area contributed by atoms with Crippen LogP contribution in [0.4, 0.5) is 11.4 Å². The highest BCUT2D eigenvalue weighted by Gasteiger charge is 2.48. The van der Waals surface area contributed by atoms with Crippen LogP contribution in [0.1, 0.15) is 49.3 Å². The molecule has 0 saturated carbocycles. The highest BCUT2D eigenvalue weighted by molar-refractivity contribution is 6.53. The van der Waals surface area contributed by atoms with E-state index < -0.39 is 11.6 Å². The molecule has 0 fully saturated rings. The smallest absolute Gasteiger partial charge is 0.341 e. The van der Waals surface area contributed by atoms with Gasteiger partial charge in [0.15, 0.2) is 5.60 Å². The van der Waals surface area contributed by atoms with Crippen molar-refractivity contribution in [3.63, 3.8) is 0 Å².